The van der Waals surface area contributed by atoms with Crippen LogP contribution in [0.5, 0.6) is 5.75 Å². The summed E-state index contributed by atoms with van der Waals surface area (Å²) < 4.78 is 6.76. The van der Waals surface area contributed by atoms with Crippen LogP contribution in [-0.4, -0.2) is 51.1 Å². The number of carboxylic acids is 1. The number of carboxylic acid groups (broad SMARTS) is 1. The predicted molar refractivity (Wildman–Crippen MR) is 94.8 cm³/mol. The van der Waals surface area contributed by atoms with Gasteiger partial charge in [0.1, 0.15) is 11.4 Å². The summed E-state index contributed by atoms with van der Waals surface area (Å²) in [5.74, 6) is -0.678. The number of tetrazole rings is 1. The molecule has 1 aromatic heterocycles. The van der Waals surface area contributed by atoms with Crippen molar-refractivity contribution in [2.75, 3.05) is 19.1 Å². The number of aromatic carboxylic acids is 1. The number of hydrogen-bond donors (Lipinski definition) is 1. The summed E-state index contributed by atoms with van der Waals surface area (Å²) in [5, 5.41) is 16.3. The molecule has 0 bridgehead atoms. The molecule has 0 saturated heterocycles. The Morgan fingerprint density at radius 2 is 1.74 bits per heavy atom. The Labute approximate surface area is 152 Å². The van der Waals surface area contributed by atoms with Gasteiger partial charge in [0.15, 0.2) is 0 Å². The van der Waals surface area contributed by atoms with E-state index in [4.69, 9.17) is 9.84 Å². The topological polar surface area (TPSA) is 120 Å². The average Bonchev–Trinajstić information content (AvgIpc) is 3.08. The second-order valence-electron chi connectivity index (χ2n) is 5.45. The number of ether oxygens (including phenoxy) is 1. The molecule has 3 rings (SSSR count). The van der Waals surface area contributed by atoms with Gasteiger partial charge >= 0.3 is 17.7 Å². The van der Waals surface area contributed by atoms with E-state index in [9.17, 15) is 14.4 Å². The van der Waals surface area contributed by atoms with Crippen molar-refractivity contribution in [3.05, 3.63) is 64.6 Å². The lowest BCUT2D eigenvalue weighted by Crippen LogP contribution is -2.39. The highest BCUT2D eigenvalue weighted by Gasteiger charge is 2.21. The molecule has 10 nitrogen and oxygen atoms in total. The maximum absolute atomic E-state index is 12.6. The number of nitrogens with zero attached hydrogens (tertiary/aromatic N) is 5. The molecule has 0 radical (unpaired) electrons. The second kappa shape index (κ2) is 7.12. The van der Waals surface area contributed by atoms with Crippen LogP contribution < -0.4 is 15.3 Å². The highest BCUT2D eigenvalue weighted by molar-refractivity contribution is 5.93. The van der Waals surface area contributed by atoms with Crippen LogP contribution in [0.15, 0.2) is 53.3 Å². The van der Waals surface area contributed by atoms with Crippen molar-refractivity contribution in [2.24, 2.45) is 0 Å². The lowest BCUT2D eigenvalue weighted by atomic mass is 10.2. The van der Waals surface area contributed by atoms with Crippen molar-refractivity contribution < 1.29 is 19.4 Å². The summed E-state index contributed by atoms with van der Waals surface area (Å²) in [6.45, 7) is 0. The number of hydrogen-bond acceptors (Lipinski definition) is 6. The van der Waals surface area contributed by atoms with Crippen molar-refractivity contribution in [3.8, 4) is 11.4 Å². The summed E-state index contributed by atoms with van der Waals surface area (Å²) in [4.78, 5) is 37.3. The smallest absolute Gasteiger partial charge is 0.377 e. The Bertz CT molecular complexity index is 1050. The minimum atomic E-state index is -1.08. The molecule has 10 heteroatoms. The largest absolute Gasteiger partial charge is 0.494 e. The van der Waals surface area contributed by atoms with Gasteiger partial charge in [-0.15, -0.1) is 4.68 Å². The van der Waals surface area contributed by atoms with Gasteiger partial charge in [-0.2, -0.15) is 4.68 Å². The lowest BCUT2D eigenvalue weighted by molar-refractivity contribution is 0.0697. The Hall–Kier alpha value is -3.95. The van der Waals surface area contributed by atoms with E-state index in [1.54, 1.807) is 24.3 Å². The molecule has 1 heterocycles. The molecule has 27 heavy (non-hydrogen) atoms. The van der Waals surface area contributed by atoms with Gasteiger partial charge in [0, 0.05) is 12.7 Å². The zero-order valence-electron chi connectivity index (χ0n) is 14.4. The molecule has 0 atom stereocenters. The fourth-order valence-electron chi connectivity index (χ4n) is 2.40. The number of carbonyl (C=O) groups excluding carboxylic acids is 1. The first-order valence-electron chi connectivity index (χ1n) is 7.74. The predicted octanol–water partition coefficient (Wildman–Crippen LogP) is 1.24. The first kappa shape index (κ1) is 17.9. The fourth-order valence-corrected chi connectivity index (χ4v) is 2.40. The van der Waals surface area contributed by atoms with Crippen LogP contribution in [0, 0.1) is 0 Å². The van der Waals surface area contributed by atoms with Crippen LogP contribution in [0.2, 0.25) is 0 Å². The first-order chi connectivity index (χ1) is 12.9. The maximum Gasteiger partial charge on any atom is 0.377 e. The Morgan fingerprint density at radius 1 is 1.07 bits per heavy atom. The number of benzene rings is 2. The van der Waals surface area contributed by atoms with E-state index in [2.05, 4.69) is 10.4 Å². The number of amides is 1. The standard InChI is InChI=1S/C17H15N5O5/c1-20(12-9-7-11(8-10-12)15(23)24)16(25)22-17(26)21(18-19-22)13-5-3-4-6-14(13)27-2/h3-10H,1-2H3,(H,23,24). The van der Waals surface area contributed by atoms with Gasteiger partial charge in [0.25, 0.3) is 0 Å². The summed E-state index contributed by atoms with van der Waals surface area (Å²) in [6.07, 6.45) is 0. The molecule has 1 N–H and O–H groups in total. The molecule has 0 saturated carbocycles. The zero-order valence-corrected chi connectivity index (χ0v) is 14.4. The summed E-state index contributed by atoms with van der Waals surface area (Å²) in [5.41, 5.74) is 0.0543. The second-order valence-corrected chi connectivity index (χ2v) is 5.45. The number of carbonyl (C=O) groups is 2. The third kappa shape index (κ3) is 3.27. The van der Waals surface area contributed by atoms with E-state index in [1.807, 2.05) is 0 Å². The molecule has 0 aliphatic carbocycles. The summed E-state index contributed by atoms with van der Waals surface area (Å²) in [7, 11) is 2.89. The van der Waals surface area contributed by atoms with Gasteiger partial charge in [0.05, 0.1) is 12.7 Å². The molecule has 138 valence electrons. The van der Waals surface area contributed by atoms with Gasteiger partial charge in [-0.1, -0.05) is 12.1 Å². The molecule has 0 spiro atoms. The zero-order chi connectivity index (χ0) is 19.6. The molecular weight excluding hydrogens is 354 g/mol. The molecule has 0 unspecified atom stereocenters. The molecule has 0 aliphatic heterocycles. The number of para-hydroxylation sites is 2. The van der Waals surface area contributed by atoms with Crippen LogP contribution in [0.4, 0.5) is 10.5 Å². The van der Waals surface area contributed by atoms with E-state index in [-0.39, 0.29) is 5.56 Å². The lowest BCUT2D eigenvalue weighted by Gasteiger charge is -2.15. The molecule has 0 aliphatic rings. The van der Waals surface area contributed by atoms with Crippen molar-refractivity contribution in [3.63, 3.8) is 0 Å². The minimum absolute atomic E-state index is 0.0823. The average molecular weight is 369 g/mol. The molecule has 1 amide bonds. The normalized spacial score (nSPS) is 10.4. The van der Waals surface area contributed by atoms with Gasteiger partial charge in [-0.25, -0.2) is 14.4 Å². The third-order valence-electron chi connectivity index (χ3n) is 3.86. The van der Waals surface area contributed by atoms with Crippen LogP contribution in [0.3, 0.4) is 0 Å². The van der Waals surface area contributed by atoms with Crippen molar-refractivity contribution in [1.29, 1.82) is 0 Å². The quantitative estimate of drug-likeness (QED) is 0.687. The molecule has 2 aromatic carbocycles. The van der Waals surface area contributed by atoms with Crippen LogP contribution in [0.1, 0.15) is 10.4 Å². The van der Waals surface area contributed by atoms with Crippen LogP contribution >= 0.6 is 0 Å². The number of aromatic nitrogens is 4. The van der Waals surface area contributed by atoms with Gasteiger partial charge < -0.3 is 9.84 Å². The first-order valence-corrected chi connectivity index (χ1v) is 7.74. The van der Waals surface area contributed by atoms with Gasteiger partial charge in [-0.3, -0.25) is 4.90 Å². The maximum atomic E-state index is 12.6. The summed E-state index contributed by atoms with van der Waals surface area (Å²) >= 11 is 0. The highest BCUT2D eigenvalue weighted by atomic mass is 16.5. The molecular formula is C17H15N5O5. The monoisotopic (exact) mass is 369 g/mol. The molecule has 3 aromatic rings. The number of rotatable bonds is 4. The van der Waals surface area contributed by atoms with Crippen LogP contribution in [0.25, 0.3) is 5.69 Å². The Kier molecular flexibility index (Phi) is 4.71. The Morgan fingerprint density at radius 3 is 2.37 bits per heavy atom. The van der Waals surface area contributed by atoms with Gasteiger partial charge in [-0.05, 0) is 46.8 Å². The van der Waals surface area contributed by atoms with Crippen molar-refractivity contribution in [2.45, 2.75) is 0 Å². The van der Waals surface area contributed by atoms with Crippen LogP contribution in [-0.2, 0) is 0 Å². The number of anilines is 1. The third-order valence-corrected chi connectivity index (χ3v) is 3.86. The minimum Gasteiger partial charge on any atom is -0.494 e. The highest BCUT2D eigenvalue weighted by Crippen LogP contribution is 2.19. The van der Waals surface area contributed by atoms with Crippen molar-refractivity contribution >= 4 is 17.7 Å². The Balaban J connectivity index is 1.93. The van der Waals surface area contributed by atoms with E-state index < -0.39 is 17.7 Å². The number of methoxy groups -OCH3 is 1. The fraction of sp³-hybridized carbons (Fsp3) is 0.118. The SMILES string of the molecule is COc1ccccc1-n1nnn(C(=O)N(C)c2ccc(C(=O)O)cc2)c1=O. The summed E-state index contributed by atoms with van der Waals surface area (Å²) in [6, 6.07) is 11.6. The van der Waals surface area contributed by atoms with Gasteiger partial charge in [0.2, 0.25) is 0 Å². The van der Waals surface area contributed by atoms with E-state index in [1.165, 1.54) is 38.4 Å². The van der Waals surface area contributed by atoms with E-state index in [0.29, 0.717) is 21.8 Å². The van der Waals surface area contributed by atoms with E-state index in [0.717, 1.165) is 9.58 Å². The van der Waals surface area contributed by atoms with E-state index >= 15 is 0 Å². The van der Waals surface area contributed by atoms with Crippen molar-refractivity contribution in [1.82, 2.24) is 19.8 Å². The molecule has 0 fully saturated rings.